The van der Waals surface area contributed by atoms with Gasteiger partial charge in [0.15, 0.2) is 0 Å². The first kappa shape index (κ1) is 11.1. The number of nitrogens with one attached hydrogen (secondary N) is 1. The summed E-state index contributed by atoms with van der Waals surface area (Å²) in [6, 6.07) is 8.42. The predicted octanol–water partition coefficient (Wildman–Crippen LogP) is 3.34. The molecule has 0 bridgehead atoms. The number of nitrogens with two attached hydrogens (primary N) is 1. The normalized spacial score (nSPS) is 19.0. The Balaban J connectivity index is 1.96. The highest BCUT2D eigenvalue weighted by atomic mass is 14.9. The quantitative estimate of drug-likeness (QED) is 0.624. The van der Waals surface area contributed by atoms with Crippen LogP contribution in [0.4, 0.5) is 11.4 Å². The zero-order valence-electron chi connectivity index (χ0n) is 10.3. The number of pyridine rings is 1. The smallest absolute Gasteiger partial charge is 0.0953 e. The number of allylic oxidation sites excluding steroid dienone is 1. The summed E-state index contributed by atoms with van der Waals surface area (Å²) in [5.74, 6) is 0. The molecule has 2 aromatic rings. The van der Waals surface area contributed by atoms with Crippen molar-refractivity contribution in [2.75, 3.05) is 11.1 Å². The fraction of sp³-hybridized carbons (Fsp3) is 0.267. The Labute approximate surface area is 107 Å². The van der Waals surface area contributed by atoms with Crippen molar-refractivity contribution in [3.8, 4) is 0 Å². The van der Waals surface area contributed by atoms with E-state index in [1.807, 2.05) is 30.5 Å². The van der Waals surface area contributed by atoms with E-state index in [1.54, 1.807) is 0 Å². The van der Waals surface area contributed by atoms with Gasteiger partial charge in [-0.3, -0.25) is 4.98 Å². The summed E-state index contributed by atoms with van der Waals surface area (Å²) < 4.78 is 0. The first-order chi connectivity index (χ1) is 8.84. The highest BCUT2D eigenvalue weighted by Gasteiger charge is 2.12. The molecule has 3 nitrogen and oxygen atoms in total. The maximum absolute atomic E-state index is 5.98. The lowest BCUT2D eigenvalue weighted by atomic mass is 10.0. The first-order valence-electron chi connectivity index (χ1n) is 6.39. The fourth-order valence-corrected chi connectivity index (χ4v) is 2.46. The summed E-state index contributed by atoms with van der Waals surface area (Å²) in [5, 5.41) is 4.60. The summed E-state index contributed by atoms with van der Waals surface area (Å²) in [7, 11) is 0. The molecule has 1 aromatic heterocycles. The number of nitrogens with zero attached hydrogens (tertiary/aromatic N) is 1. The van der Waals surface area contributed by atoms with Crippen LogP contribution in [-0.4, -0.2) is 11.0 Å². The molecule has 3 rings (SSSR count). The molecule has 3 N–H and O–H groups in total. The van der Waals surface area contributed by atoms with Gasteiger partial charge in [-0.1, -0.05) is 12.2 Å². The molecular formula is C15H17N3. The van der Waals surface area contributed by atoms with E-state index in [2.05, 4.69) is 22.5 Å². The van der Waals surface area contributed by atoms with Crippen LogP contribution in [-0.2, 0) is 0 Å². The van der Waals surface area contributed by atoms with Gasteiger partial charge in [0.25, 0.3) is 0 Å². The number of aromatic nitrogens is 1. The second-order valence-corrected chi connectivity index (χ2v) is 4.73. The van der Waals surface area contributed by atoms with Crippen LogP contribution < -0.4 is 11.1 Å². The Kier molecular flexibility index (Phi) is 2.89. The molecule has 18 heavy (non-hydrogen) atoms. The van der Waals surface area contributed by atoms with Crippen molar-refractivity contribution in [3.63, 3.8) is 0 Å². The third-order valence-corrected chi connectivity index (χ3v) is 3.43. The average molecular weight is 239 g/mol. The van der Waals surface area contributed by atoms with Crippen LogP contribution in [0.3, 0.4) is 0 Å². The SMILES string of the molecule is Nc1ccc(NC2CC=CCC2)c2ncccc12. The van der Waals surface area contributed by atoms with E-state index in [9.17, 15) is 0 Å². The standard InChI is InChI=1S/C15H17N3/c16-13-8-9-14(15-12(13)7-4-10-17-15)18-11-5-2-1-3-6-11/h1-2,4,7-11,18H,3,5-6,16H2. The predicted molar refractivity (Wildman–Crippen MR) is 76.6 cm³/mol. The van der Waals surface area contributed by atoms with Crippen molar-refractivity contribution >= 4 is 22.3 Å². The summed E-state index contributed by atoms with van der Waals surface area (Å²) in [5.41, 5.74) is 8.81. The van der Waals surface area contributed by atoms with Gasteiger partial charge in [-0.25, -0.2) is 0 Å². The molecule has 1 unspecified atom stereocenters. The minimum Gasteiger partial charge on any atom is -0.398 e. The van der Waals surface area contributed by atoms with Crippen molar-refractivity contribution in [2.45, 2.75) is 25.3 Å². The number of fused-ring (bicyclic) bond motifs is 1. The molecule has 1 aliphatic rings. The third kappa shape index (κ3) is 2.04. The van der Waals surface area contributed by atoms with Crippen LogP contribution in [0, 0.1) is 0 Å². The summed E-state index contributed by atoms with van der Waals surface area (Å²) in [6.45, 7) is 0. The van der Waals surface area contributed by atoms with Crippen LogP contribution in [0.1, 0.15) is 19.3 Å². The van der Waals surface area contributed by atoms with E-state index in [0.717, 1.165) is 35.1 Å². The van der Waals surface area contributed by atoms with Gasteiger partial charge >= 0.3 is 0 Å². The molecule has 0 fully saturated rings. The van der Waals surface area contributed by atoms with Gasteiger partial charge < -0.3 is 11.1 Å². The van der Waals surface area contributed by atoms with Gasteiger partial charge in [-0.15, -0.1) is 0 Å². The van der Waals surface area contributed by atoms with Crippen molar-refractivity contribution in [2.24, 2.45) is 0 Å². The number of hydrogen-bond acceptors (Lipinski definition) is 3. The molecule has 1 aliphatic carbocycles. The van der Waals surface area contributed by atoms with Crippen molar-refractivity contribution < 1.29 is 0 Å². The largest absolute Gasteiger partial charge is 0.398 e. The lowest BCUT2D eigenvalue weighted by Crippen LogP contribution is -2.20. The highest BCUT2D eigenvalue weighted by Crippen LogP contribution is 2.28. The first-order valence-corrected chi connectivity index (χ1v) is 6.39. The molecule has 1 atom stereocenters. The second-order valence-electron chi connectivity index (χ2n) is 4.73. The number of benzene rings is 1. The molecular weight excluding hydrogens is 222 g/mol. The maximum atomic E-state index is 5.98. The van der Waals surface area contributed by atoms with Crippen LogP contribution in [0.25, 0.3) is 10.9 Å². The molecule has 0 saturated heterocycles. The van der Waals surface area contributed by atoms with E-state index in [-0.39, 0.29) is 0 Å². The van der Waals surface area contributed by atoms with E-state index in [1.165, 1.54) is 6.42 Å². The molecule has 0 aliphatic heterocycles. The number of nitrogen functional groups attached to an aromatic ring is 1. The van der Waals surface area contributed by atoms with Crippen molar-refractivity contribution in [3.05, 3.63) is 42.6 Å². The molecule has 0 spiro atoms. The molecule has 1 heterocycles. The summed E-state index contributed by atoms with van der Waals surface area (Å²) in [6.07, 6.45) is 9.71. The van der Waals surface area contributed by atoms with Crippen molar-refractivity contribution in [1.82, 2.24) is 4.98 Å². The molecule has 0 amide bonds. The fourth-order valence-electron chi connectivity index (χ4n) is 2.46. The van der Waals surface area contributed by atoms with Gasteiger partial charge in [0.05, 0.1) is 11.2 Å². The lowest BCUT2D eigenvalue weighted by Gasteiger charge is -2.21. The molecule has 3 heteroatoms. The van der Waals surface area contributed by atoms with Crippen molar-refractivity contribution in [1.29, 1.82) is 0 Å². The van der Waals surface area contributed by atoms with Gasteiger partial charge in [-0.05, 0) is 43.5 Å². The third-order valence-electron chi connectivity index (χ3n) is 3.43. The molecule has 1 aromatic carbocycles. The lowest BCUT2D eigenvalue weighted by molar-refractivity contribution is 0.645. The Morgan fingerprint density at radius 2 is 2.17 bits per heavy atom. The summed E-state index contributed by atoms with van der Waals surface area (Å²) in [4.78, 5) is 4.45. The maximum Gasteiger partial charge on any atom is 0.0953 e. The van der Waals surface area contributed by atoms with Gasteiger partial charge in [0.2, 0.25) is 0 Å². The van der Waals surface area contributed by atoms with Gasteiger partial charge in [0, 0.05) is 23.3 Å². The molecule has 0 saturated carbocycles. The number of rotatable bonds is 2. The number of anilines is 2. The second kappa shape index (κ2) is 4.69. The highest BCUT2D eigenvalue weighted by molar-refractivity contribution is 5.98. The van der Waals surface area contributed by atoms with E-state index in [4.69, 9.17) is 5.73 Å². The van der Waals surface area contributed by atoms with Crippen LogP contribution in [0.2, 0.25) is 0 Å². The Morgan fingerprint density at radius 1 is 1.22 bits per heavy atom. The molecule has 0 radical (unpaired) electrons. The van der Waals surface area contributed by atoms with E-state index < -0.39 is 0 Å². The topological polar surface area (TPSA) is 50.9 Å². The van der Waals surface area contributed by atoms with E-state index in [0.29, 0.717) is 6.04 Å². The monoisotopic (exact) mass is 239 g/mol. The minimum atomic E-state index is 0.504. The number of hydrogen-bond donors (Lipinski definition) is 2. The van der Waals surface area contributed by atoms with Gasteiger partial charge in [0.1, 0.15) is 0 Å². The van der Waals surface area contributed by atoms with Crippen LogP contribution in [0.5, 0.6) is 0 Å². The van der Waals surface area contributed by atoms with Gasteiger partial charge in [-0.2, -0.15) is 0 Å². The zero-order valence-corrected chi connectivity index (χ0v) is 10.3. The average Bonchev–Trinajstić information content (AvgIpc) is 2.44. The van der Waals surface area contributed by atoms with E-state index >= 15 is 0 Å². The Morgan fingerprint density at radius 3 is 3.00 bits per heavy atom. The molecule has 92 valence electrons. The summed E-state index contributed by atoms with van der Waals surface area (Å²) >= 11 is 0. The minimum absolute atomic E-state index is 0.504. The van der Waals surface area contributed by atoms with Crippen LogP contribution in [0.15, 0.2) is 42.6 Å². The van der Waals surface area contributed by atoms with Crippen LogP contribution >= 0.6 is 0 Å². The Bertz CT molecular complexity index is 589. The Hall–Kier alpha value is -2.03. The zero-order chi connectivity index (χ0) is 12.4.